The summed E-state index contributed by atoms with van der Waals surface area (Å²) >= 11 is 0. The fraction of sp³-hybridized carbons (Fsp3) is 1.00. The molecule has 1 aliphatic heterocycles. The zero-order chi connectivity index (χ0) is 14.4. The van der Waals surface area contributed by atoms with Crippen LogP contribution >= 0.6 is 0 Å². The van der Waals surface area contributed by atoms with E-state index >= 15 is 0 Å². The van der Waals surface area contributed by atoms with Gasteiger partial charge in [0.05, 0.1) is 6.61 Å². The first-order valence-corrected chi connectivity index (χ1v) is 8.84. The van der Waals surface area contributed by atoms with Gasteiger partial charge in [-0.25, -0.2) is 0 Å². The molecule has 0 amide bonds. The van der Waals surface area contributed by atoms with Gasteiger partial charge in [0.25, 0.3) is 0 Å². The molecule has 3 nitrogen and oxygen atoms in total. The molecule has 0 bridgehead atoms. The van der Waals surface area contributed by atoms with Crippen molar-refractivity contribution in [3.05, 3.63) is 0 Å². The zero-order valence-corrected chi connectivity index (χ0v) is 13.8. The van der Waals surface area contributed by atoms with Gasteiger partial charge in [0.15, 0.2) is 0 Å². The molecule has 2 rings (SSSR count). The van der Waals surface area contributed by atoms with E-state index in [4.69, 9.17) is 4.74 Å². The molecule has 2 fully saturated rings. The number of nitrogens with one attached hydrogen (secondary N) is 1. The minimum absolute atomic E-state index is 0.380. The van der Waals surface area contributed by atoms with Crippen LogP contribution in [0.1, 0.15) is 59.3 Å². The molecule has 0 spiro atoms. The van der Waals surface area contributed by atoms with Crippen molar-refractivity contribution in [1.82, 2.24) is 10.2 Å². The SMILES string of the molecule is CCNC(C1CCCOC1)C1(N(CC)CC)CCCC1. The second-order valence-corrected chi connectivity index (χ2v) is 6.50. The Bertz CT molecular complexity index is 266. The number of nitrogens with zero attached hydrogens (tertiary/aromatic N) is 1. The Morgan fingerprint density at radius 1 is 1.15 bits per heavy atom. The Labute approximate surface area is 125 Å². The summed E-state index contributed by atoms with van der Waals surface area (Å²) in [4.78, 5) is 2.74. The van der Waals surface area contributed by atoms with Gasteiger partial charge in [0.1, 0.15) is 0 Å². The Balaban J connectivity index is 2.21. The summed E-state index contributed by atoms with van der Waals surface area (Å²) in [6.07, 6.45) is 8.09. The summed E-state index contributed by atoms with van der Waals surface area (Å²) in [5, 5.41) is 3.86. The van der Waals surface area contributed by atoms with E-state index < -0.39 is 0 Å². The van der Waals surface area contributed by atoms with Crippen LogP contribution in [0.5, 0.6) is 0 Å². The molecule has 1 N–H and O–H groups in total. The number of rotatable bonds is 7. The Morgan fingerprint density at radius 2 is 1.85 bits per heavy atom. The van der Waals surface area contributed by atoms with Gasteiger partial charge in [-0.3, -0.25) is 4.90 Å². The Morgan fingerprint density at radius 3 is 2.35 bits per heavy atom. The van der Waals surface area contributed by atoms with Crippen LogP contribution in [0.4, 0.5) is 0 Å². The number of ether oxygens (including phenoxy) is 1. The molecule has 1 heterocycles. The van der Waals surface area contributed by atoms with E-state index in [1.165, 1.54) is 51.6 Å². The predicted octanol–water partition coefficient (Wildman–Crippen LogP) is 3.05. The third-order valence-electron chi connectivity index (χ3n) is 5.53. The first-order chi connectivity index (χ1) is 9.78. The number of hydrogen-bond donors (Lipinski definition) is 1. The maximum Gasteiger partial charge on any atom is 0.0509 e. The van der Waals surface area contributed by atoms with Gasteiger partial charge < -0.3 is 10.1 Å². The zero-order valence-electron chi connectivity index (χ0n) is 13.8. The molecule has 20 heavy (non-hydrogen) atoms. The normalized spacial score (nSPS) is 27.9. The molecule has 1 saturated heterocycles. The van der Waals surface area contributed by atoms with Crippen molar-refractivity contribution >= 4 is 0 Å². The largest absolute Gasteiger partial charge is 0.381 e. The third-order valence-corrected chi connectivity index (χ3v) is 5.53. The van der Waals surface area contributed by atoms with Crippen LogP contribution < -0.4 is 5.32 Å². The molecule has 2 aliphatic rings. The summed E-state index contributed by atoms with van der Waals surface area (Å²) in [6, 6.07) is 0.607. The molecule has 118 valence electrons. The maximum absolute atomic E-state index is 5.80. The third kappa shape index (κ3) is 3.20. The van der Waals surface area contributed by atoms with Crippen molar-refractivity contribution in [3.8, 4) is 0 Å². The standard InChI is InChI=1S/C17H34N2O/c1-4-18-16(15-10-9-13-20-14-15)17(11-7-8-12-17)19(5-2)6-3/h15-16,18H,4-14H2,1-3H3. The lowest BCUT2D eigenvalue weighted by Gasteiger charge is -2.50. The van der Waals surface area contributed by atoms with Crippen molar-refractivity contribution in [2.45, 2.75) is 70.9 Å². The van der Waals surface area contributed by atoms with E-state index in [2.05, 4.69) is 31.0 Å². The van der Waals surface area contributed by atoms with E-state index in [1.54, 1.807) is 0 Å². The van der Waals surface area contributed by atoms with Crippen molar-refractivity contribution < 1.29 is 4.74 Å². The maximum atomic E-state index is 5.80. The van der Waals surface area contributed by atoms with Gasteiger partial charge in [-0.1, -0.05) is 33.6 Å². The van der Waals surface area contributed by atoms with Crippen LogP contribution in [0.15, 0.2) is 0 Å². The summed E-state index contributed by atoms with van der Waals surface area (Å²) in [5.74, 6) is 0.697. The van der Waals surface area contributed by atoms with E-state index in [1.807, 2.05) is 0 Å². The highest BCUT2D eigenvalue weighted by atomic mass is 16.5. The molecular formula is C17H34N2O. The fourth-order valence-electron chi connectivity index (χ4n) is 4.71. The molecule has 2 unspecified atom stereocenters. The van der Waals surface area contributed by atoms with Crippen LogP contribution in [0, 0.1) is 5.92 Å². The first kappa shape index (κ1) is 16.3. The average Bonchev–Trinajstić information content (AvgIpc) is 2.97. The first-order valence-electron chi connectivity index (χ1n) is 8.84. The molecule has 1 aliphatic carbocycles. The number of likely N-dealkylation sites (N-methyl/N-ethyl adjacent to an activating group) is 2. The van der Waals surface area contributed by atoms with Crippen LogP contribution in [0.2, 0.25) is 0 Å². The van der Waals surface area contributed by atoms with Gasteiger partial charge in [-0.2, -0.15) is 0 Å². The molecule has 1 saturated carbocycles. The second kappa shape index (κ2) is 7.77. The summed E-state index contributed by atoms with van der Waals surface area (Å²) in [7, 11) is 0. The van der Waals surface area contributed by atoms with Gasteiger partial charge in [-0.15, -0.1) is 0 Å². The van der Waals surface area contributed by atoms with E-state index in [0.717, 1.165) is 19.8 Å². The van der Waals surface area contributed by atoms with E-state index in [-0.39, 0.29) is 0 Å². The molecule has 0 aromatic rings. The van der Waals surface area contributed by atoms with Crippen LogP contribution in [-0.2, 0) is 4.74 Å². The fourth-order valence-corrected chi connectivity index (χ4v) is 4.71. The highest BCUT2D eigenvalue weighted by Crippen LogP contribution is 2.41. The van der Waals surface area contributed by atoms with Crippen molar-refractivity contribution in [3.63, 3.8) is 0 Å². The quantitative estimate of drug-likeness (QED) is 0.777. The highest BCUT2D eigenvalue weighted by Gasteiger charge is 2.47. The van der Waals surface area contributed by atoms with Gasteiger partial charge >= 0.3 is 0 Å². The van der Waals surface area contributed by atoms with Crippen molar-refractivity contribution in [2.24, 2.45) is 5.92 Å². The second-order valence-electron chi connectivity index (χ2n) is 6.50. The molecule has 0 aromatic carbocycles. The van der Waals surface area contributed by atoms with Crippen LogP contribution in [0.25, 0.3) is 0 Å². The molecule has 2 atom stereocenters. The molecular weight excluding hydrogens is 248 g/mol. The van der Waals surface area contributed by atoms with Crippen molar-refractivity contribution in [1.29, 1.82) is 0 Å². The minimum Gasteiger partial charge on any atom is -0.381 e. The minimum atomic E-state index is 0.380. The monoisotopic (exact) mass is 282 g/mol. The molecule has 0 radical (unpaired) electrons. The van der Waals surface area contributed by atoms with Crippen LogP contribution in [-0.4, -0.2) is 49.3 Å². The molecule has 3 heteroatoms. The average molecular weight is 282 g/mol. The lowest BCUT2D eigenvalue weighted by molar-refractivity contribution is -0.0167. The topological polar surface area (TPSA) is 24.5 Å². The summed E-state index contributed by atoms with van der Waals surface area (Å²) < 4.78 is 5.80. The Hall–Kier alpha value is -0.120. The summed E-state index contributed by atoms with van der Waals surface area (Å²) in [5.41, 5.74) is 0.380. The lowest BCUT2D eigenvalue weighted by atomic mass is 9.76. The smallest absolute Gasteiger partial charge is 0.0509 e. The number of hydrogen-bond acceptors (Lipinski definition) is 3. The highest BCUT2D eigenvalue weighted by molar-refractivity contribution is 5.05. The Kier molecular flexibility index (Phi) is 6.31. The van der Waals surface area contributed by atoms with Gasteiger partial charge in [-0.05, 0) is 51.2 Å². The van der Waals surface area contributed by atoms with E-state index in [0.29, 0.717) is 17.5 Å². The van der Waals surface area contributed by atoms with E-state index in [9.17, 15) is 0 Å². The summed E-state index contributed by atoms with van der Waals surface area (Å²) in [6.45, 7) is 12.2. The van der Waals surface area contributed by atoms with Gasteiger partial charge in [0, 0.05) is 18.2 Å². The van der Waals surface area contributed by atoms with Crippen LogP contribution in [0.3, 0.4) is 0 Å². The van der Waals surface area contributed by atoms with Gasteiger partial charge in [0.2, 0.25) is 0 Å². The van der Waals surface area contributed by atoms with Crippen molar-refractivity contribution in [2.75, 3.05) is 32.8 Å². The predicted molar refractivity (Wildman–Crippen MR) is 85.1 cm³/mol. The lowest BCUT2D eigenvalue weighted by Crippen LogP contribution is -2.63. The molecule has 0 aromatic heterocycles.